The summed E-state index contributed by atoms with van der Waals surface area (Å²) < 4.78 is 0. The summed E-state index contributed by atoms with van der Waals surface area (Å²) in [7, 11) is 0. The molecule has 2 aromatic rings. The molecule has 25 heavy (non-hydrogen) atoms. The van der Waals surface area contributed by atoms with E-state index in [1.165, 1.54) is 24.6 Å². The molecule has 1 amide bonds. The van der Waals surface area contributed by atoms with Crippen molar-refractivity contribution in [2.75, 3.05) is 25.4 Å². The second-order valence-electron chi connectivity index (χ2n) is 5.86. The molecule has 0 saturated carbocycles. The molecule has 0 spiro atoms. The Bertz CT molecular complexity index is 646. The van der Waals surface area contributed by atoms with Gasteiger partial charge in [0.25, 0.3) is 5.91 Å². The molecule has 1 aliphatic rings. The van der Waals surface area contributed by atoms with E-state index in [4.69, 9.17) is 5.73 Å². The smallest absolute Gasteiger partial charge is 0.269 e. The molecule has 136 valence electrons. The third-order valence-corrected chi connectivity index (χ3v) is 4.24. The highest BCUT2D eigenvalue weighted by Crippen LogP contribution is 2.24. The number of rotatable bonds is 5. The highest BCUT2D eigenvalue weighted by atomic mass is 35.5. The Kier molecular flexibility index (Phi) is 8.69. The topological polar surface area (TPSA) is 71.2 Å². The third kappa shape index (κ3) is 5.59. The molecule has 1 aromatic carbocycles. The van der Waals surface area contributed by atoms with Gasteiger partial charge in [0.15, 0.2) is 0 Å². The van der Waals surface area contributed by atoms with Gasteiger partial charge in [0.1, 0.15) is 5.69 Å². The average Bonchev–Trinajstić information content (AvgIpc) is 3.11. The predicted molar refractivity (Wildman–Crippen MR) is 105 cm³/mol. The number of likely N-dealkylation sites (tertiary alicyclic amines) is 1. The van der Waals surface area contributed by atoms with E-state index in [1.807, 2.05) is 18.2 Å². The number of anilines is 1. The van der Waals surface area contributed by atoms with E-state index in [-0.39, 0.29) is 36.8 Å². The summed E-state index contributed by atoms with van der Waals surface area (Å²) in [6, 6.07) is 13.9. The minimum atomic E-state index is -0.162. The summed E-state index contributed by atoms with van der Waals surface area (Å²) in [5, 5.41) is 3.01. The van der Waals surface area contributed by atoms with Crippen LogP contribution in [0, 0.1) is 0 Å². The first-order valence-corrected chi connectivity index (χ1v) is 8.03. The van der Waals surface area contributed by atoms with Crippen LogP contribution in [0.2, 0.25) is 0 Å². The van der Waals surface area contributed by atoms with Gasteiger partial charge in [-0.3, -0.25) is 9.69 Å². The van der Waals surface area contributed by atoms with Crippen molar-refractivity contribution < 1.29 is 4.79 Å². The van der Waals surface area contributed by atoms with Gasteiger partial charge in [-0.15, -0.1) is 24.8 Å². The fourth-order valence-corrected chi connectivity index (χ4v) is 3.01. The van der Waals surface area contributed by atoms with Gasteiger partial charge in [0.2, 0.25) is 0 Å². The average molecular weight is 383 g/mol. The highest BCUT2D eigenvalue weighted by Gasteiger charge is 2.24. The lowest BCUT2D eigenvalue weighted by atomic mass is 10.1. The van der Waals surface area contributed by atoms with Gasteiger partial charge in [-0.2, -0.15) is 0 Å². The summed E-state index contributed by atoms with van der Waals surface area (Å²) in [6.07, 6.45) is 3.94. The van der Waals surface area contributed by atoms with Crippen molar-refractivity contribution in [3.63, 3.8) is 0 Å². The zero-order valence-electron chi connectivity index (χ0n) is 13.9. The molecular weight excluding hydrogens is 359 g/mol. The van der Waals surface area contributed by atoms with Crippen LogP contribution in [0.5, 0.6) is 0 Å². The first-order chi connectivity index (χ1) is 11.2. The van der Waals surface area contributed by atoms with E-state index < -0.39 is 0 Å². The zero-order chi connectivity index (χ0) is 16.1. The molecule has 0 bridgehead atoms. The number of carbonyl (C=O) groups is 1. The Morgan fingerprint density at radius 3 is 2.40 bits per heavy atom. The van der Waals surface area contributed by atoms with Crippen LogP contribution >= 0.6 is 24.8 Å². The number of aromatic nitrogens is 1. The highest BCUT2D eigenvalue weighted by molar-refractivity contribution is 5.92. The van der Waals surface area contributed by atoms with Gasteiger partial charge < -0.3 is 11.1 Å². The van der Waals surface area contributed by atoms with E-state index in [0.29, 0.717) is 17.9 Å². The van der Waals surface area contributed by atoms with E-state index >= 15 is 0 Å². The molecule has 3 N–H and O–H groups in total. The van der Waals surface area contributed by atoms with Crippen LogP contribution in [-0.2, 0) is 0 Å². The molecule has 1 unspecified atom stereocenters. The van der Waals surface area contributed by atoms with Crippen LogP contribution < -0.4 is 11.1 Å². The summed E-state index contributed by atoms with van der Waals surface area (Å²) in [5.41, 5.74) is 7.79. The summed E-state index contributed by atoms with van der Waals surface area (Å²) in [4.78, 5) is 18.8. The van der Waals surface area contributed by atoms with Crippen molar-refractivity contribution in [1.29, 1.82) is 0 Å². The fourth-order valence-electron chi connectivity index (χ4n) is 3.01. The molecule has 5 nitrogen and oxygen atoms in total. The molecule has 0 radical (unpaired) electrons. The largest absolute Gasteiger partial charge is 0.397 e. The zero-order valence-corrected chi connectivity index (χ0v) is 15.6. The van der Waals surface area contributed by atoms with Gasteiger partial charge in [-0.05, 0) is 43.6 Å². The Balaban J connectivity index is 0.00000156. The van der Waals surface area contributed by atoms with Crippen molar-refractivity contribution in [3.05, 3.63) is 59.9 Å². The number of hydrogen-bond donors (Lipinski definition) is 2. The van der Waals surface area contributed by atoms with Crippen molar-refractivity contribution in [2.45, 2.75) is 18.9 Å². The van der Waals surface area contributed by atoms with Crippen LogP contribution in [0.1, 0.15) is 34.9 Å². The standard InChI is InChI=1S/C18H22N4O.2ClH/c19-15-8-9-16(20-12-15)18(23)21-13-17(22-10-4-5-11-22)14-6-2-1-3-7-14;;/h1-3,6-9,12,17H,4-5,10-11,13,19H2,(H,21,23);2*1H. The number of carbonyl (C=O) groups excluding carboxylic acids is 1. The van der Waals surface area contributed by atoms with Crippen LogP contribution in [0.15, 0.2) is 48.7 Å². The van der Waals surface area contributed by atoms with Gasteiger partial charge in [-0.1, -0.05) is 30.3 Å². The van der Waals surface area contributed by atoms with Crippen molar-refractivity contribution in [2.24, 2.45) is 0 Å². The first-order valence-electron chi connectivity index (χ1n) is 8.03. The van der Waals surface area contributed by atoms with Gasteiger partial charge in [0.05, 0.1) is 17.9 Å². The number of nitrogens with two attached hydrogens (primary N) is 1. The summed E-state index contributed by atoms with van der Waals surface area (Å²) >= 11 is 0. The number of nitrogens with zero attached hydrogens (tertiary/aromatic N) is 2. The second kappa shape index (κ2) is 10.2. The summed E-state index contributed by atoms with van der Waals surface area (Å²) in [6.45, 7) is 2.74. The Morgan fingerprint density at radius 2 is 1.80 bits per heavy atom. The molecule has 0 aliphatic carbocycles. The SMILES string of the molecule is Cl.Cl.Nc1ccc(C(=O)NCC(c2ccccc2)N2CCCC2)nc1. The van der Waals surface area contributed by atoms with Crippen molar-refractivity contribution >= 4 is 36.4 Å². The number of halogens is 2. The minimum absolute atomic E-state index is 0. The van der Waals surface area contributed by atoms with Gasteiger partial charge in [-0.25, -0.2) is 4.98 Å². The molecule has 1 saturated heterocycles. The van der Waals surface area contributed by atoms with E-state index in [0.717, 1.165) is 13.1 Å². The number of hydrogen-bond acceptors (Lipinski definition) is 4. The Morgan fingerprint density at radius 1 is 1.12 bits per heavy atom. The van der Waals surface area contributed by atoms with Gasteiger partial charge >= 0.3 is 0 Å². The lowest BCUT2D eigenvalue weighted by Gasteiger charge is -2.28. The van der Waals surface area contributed by atoms with Crippen molar-refractivity contribution in [1.82, 2.24) is 15.2 Å². The maximum atomic E-state index is 12.3. The second-order valence-corrected chi connectivity index (χ2v) is 5.86. The predicted octanol–water partition coefficient (Wildman–Crippen LogP) is 3.07. The molecule has 3 rings (SSSR count). The minimum Gasteiger partial charge on any atom is -0.397 e. The summed E-state index contributed by atoms with van der Waals surface area (Å²) in [5.74, 6) is -0.162. The van der Waals surface area contributed by atoms with Crippen LogP contribution in [0.3, 0.4) is 0 Å². The number of pyridine rings is 1. The van der Waals surface area contributed by atoms with E-state index in [2.05, 4.69) is 27.3 Å². The van der Waals surface area contributed by atoms with Crippen LogP contribution in [0.4, 0.5) is 5.69 Å². The molecule has 1 aliphatic heterocycles. The van der Waals surface area contributed by atoms with E-state index in [1.54, 1.807) is 12.1 Å². The Hall–Kier alpha value is -1.82. The number of nitrogens with one attached hydrogen (secondary N) is 1. The van der Waals surface area contributed by atoms with Crippen molar-refractivity contribution in [3.8, 4) is 0 Å². The Labute approximate surface area is 160 Å². The maximum Gasteiger partial charge on any atom is 0.269 e. The normalized spacial score (nSPS) is 14.9. The molecule has 1 fully saturated rings. The molecule has 2 heterocycles. The molecular formula is C18H24Cl2N4O. The monoisotopic (exact) mass is 382 g/mol. The molecule has 1 atom stereocenters. The molecule has 7 heteroatoms. The lowest BCUT2D eigenvalue weighted by molar-refractivity contribution is 0.0933. The number of benzene rings is 1. The number of amides is 1. The quantitative estimate of drug-likeness (QED) is 0.833. The first kappa shape index (κ1) is 21.2. The van der Waals surface area contributed by atoms with Crippen LogP contribution in [0.25, 0.3) is 0 Å². The van der Waals surface area contributed by atoms with E-state index in [9.17, 15) is 4.79 Å². The fraction of sp³-hybridized carbons (Fsp3) is 0.333. The number of nitrogen functional groups attached to an aromatic ring is 1. The third-order valence-electron chi connectivity index (χ3n) is 4.24. The van der Waals surface area contributed by atoms with Crippen LogP contribution in [-0.4, -0.2) is 35.4 Å². The molecule has 1 aromatic heterocycles. The maximum absolute atomic E-state index is 12.3. The van der Waals surface area contributed by atoms with Gasteiger partial charge in [0, 0.05) is 6.54 Å². The lowest BCUT2D eigenvalue weighted by Crippen LogP contribution is -2.37.